The molecule has 0 saturated carbocycles. The largest absolute Gasteiger partial charge is 0.490 e. The van der Waals surface area contributed by atoms with Crippen molar-refractivity contribution in [3.8, 4) is 11.5 Å². The number of nitrogens with two attached hydrogens (primary N) is 1. The Morgan fingerprint density at radius 2 is 1.86 bits per heavy atom. The molecule has 0 spiro atoms. The first-order chi connectivity index (χ1) is 10.1. The number of thiophene rings is 1. The first kappa shape index (κ1) is 16.1. The maximum absolute atomic E-state index is 6.35. The predicted molar refractivity (Wildman–Crippen MR) is 88.9 cm³/mol. The Balaban J connectivity index is 2.35. The Kier molecular flexibility index (Phi) is 5.51. The molecule has 1 aromatic heterocycles. The van der Waals surface area contributed by atoms with Gasteiger partial charge in [-0.05, 0) is 49.4 Å². The van der Waals surface area contributed by atoms with Crippen LogP contribution < -0.4 is 15.2 Å². The van der Waals surface area contributed by atoms with Gasteiger partial charge in [-0.1, -0.05) is 17.7 Å². The summed E-state index contributed by atoms with van der Waals surface area (Å²) in [5, 5.41) is 2.77. The fraction of sp³-hybridized carbons (Fsp3) is 0.375. The lowest BCUT2D eigenvalue weighted by atomic mass is 10.0. The van der Waals surface area contributed by atoms with E-state index >= 15 is 0 Å². The molecule has 1 unspecified atom stereocenters. The summed E-state index contributed by atoms with van der Waals surface area (Å²) in [6, 6.07) is 5.54. The van der Waals surface area contributed by atoms with E-state index in [4.69, 9.17) is 26.8 Å². The molecular formula is C16H20ClNO2S. The van der Waals surface area contributed by atoms with Gasteiger partial charge < -0.3 is 15.2 Å². The summed E-state index contributed by atoms with van der Waals surface area (Å²) >= 11 is 7.89. The van der Waals surface area contributed by atoms with E-state index in [1.807, 2.05) is 44.4 Å². The summed E-state index contributed by atoms with van der Waals surface area (Å²) < 4.78 is 11.2. The summed E-state index contributed by atoms with van der Waals surface area (Å²) in [5.74, 6) is 1.46. The standard InChI is InChI=1S/C16H20ClNO2S/c1-4-19-12-7-6-11(8-13(12)20-5-2)15(18)16-14(17)10(3)9-21-16/h6-9,15H,4-5,18H2,1-3H3. The Bertz CT molecular complexity index is 612. The maximum atomic E-state index is 6.35. The third kappa shape index (κ3) is 3.51. The van der Waals surface area contributed by atoms with Crippen molar-refractivity contribution in [1.29, 1.82) is 0 Å². The van der Waals surface area contributed by atoms with Gasteiger partial charge in [-0.2, -0.15) is 0 Å². The van der Waals surface area contributed by atoms with E-state index in [-0.39, 0.29) is 6.04 Å². The van der Waals surface area contributed by atoms with Gasteiger partial charge in [0.05, 0.1) is 24.3 Å². The highest BCUT2D eigenvalue weighted by molar-refractivity contribution is 7.10. The van der Waals surface area contributed by atoms with Crippen LogP contribution in [0.3, 0.4) is 0 Å². The van der Waals surface area contributed by atoms with Gasteiger partial charge in [0.1, 0.15) is 0 Å². The lowest BCUT2D eigenvalue weighted by molar-refractivity contribution is 0.287. The Hall–Kier alpha value is -1.23. The van der Waals surface area contributed by atoms with Crippen LogP contribution in [0.1, 0.15) is 35.9 Å². The minimum absolute atomic E-state index is 0.258. The quantitative estimate of drug-likeness (QED) is 0.847. The molecule has 114 valence electrons. The van der Waals surface area contributed by atoms with Crippen LogP contribution >= 0.6 is 22.9 Å². The van der Waals surface area contributed by atoms with Gasteiger partial charge in [-0.3, -0.25) is 0 Å². The topological polar surface area (TPSA) is 44.5 Å². The van der Waals surface area contributed by atoms with E-state index in [1.54, 1.807) is 11.3 Å². The van der Waals surface area contributed by atoms with Gasteiger partial charge in [0.2, 0.25) is 0 Å². The fourth-order valence-corrected chi connectivity index (χ4v) is 3.41. The molecule has 0 radical (unpaired) electrons. The Morgan fingerprint density at radius 3 is 2.43 bits per heavy atom. The fourth-order valence-electron chi connectivity index (χ4n) is 2.07. The zero-order valence-corrected chi connectivity index (χ0v) is 14.1. The highest BCUT2D eigenvalue weighted by atomic mass is 35.5. The van der Waals surface area contributed by atoms with E-state index in [1.165, 1.54) is 0 Å². The lowest BCUT2D eigenvalue weighted by Crippen LogP contribution is -2.11. The molecular weight excluding hydrogens is 306 g/mol. The lowest BCUT2D eigenvalue weighted by Gasteiger charge is -2.16. The monoisotopic (exact) mass is 325 g/mol. The Labute approximate surface area is 134 Å². The van der Waals surface area contributed by atoms with Gasteiger partial charge in [-0.15, -0.1) is 11.3 Å². The zero-order valence-electron chi connectivity index (χ0n) is 12.5. The second kappa shape index (κ2) is 7.16. The van der Waals surface area contributed by atoms with Gasteiger partial charge in [0.15, 0.2) is 11.5 Å². The van der Waals surface area contributed by atoms with Crippen LogP contribution in [0.25, 0.3) is 0 Å². The second-order valence-electron chi connectivity index (χ2n) is 4.65. The zero-order chi connectivity index (χ0) is 15.4. The average molecular weight is 326 g/mol. The van der Waals surface area contributed by atoms with E-state index in [9.17, 15) is 0 Å². The van der Waals surface area contributed by atoms with Crippen LogP contribution in [0.15, 0.2) is 23.6 Å². The second-order valence-corrected chi connectivity index (χ2v) is 5.94. The van der Waals surface area contributed by atoms with Crippen molar-refractivity contribution < 1.29 is 9.47 Å². The molecule has 1 aromatic carbocycles. The average Bonchev–Trinajstić information content (AvgIpc) is 2.81. The summed E-state index contributed by atoms with van der Waals surface area (Å²) in [4.78, 5) is 0.973. The van der Waals surface area contributed by atoms with Crippen molar-refractivity contribution in [2.45, 2.75) is 26.8 Å². The van der Waals surface area contributed by atoms with Crippen LogP contribution in [0, 0.1) is 6.92 Å². The molecule has 0 aliphatic carbocycles. The number of aryl methyl sites for hydroxylation is 1. The highest BCUT2D eigenvalue weighted by Crippen LogP contribution is 2.37. The molecule has 2 aromatic rings. The Morgan fingerprint density at radius 1 is 1.19 bits per heavy atom. The van der Waals surface area contributed by atoms with Gasteiger partial charge in [0.25, 0.3) is 0 Å². The minimum atomic E-state index is -0.258. The summed E-state index contributed by atoms with van der Waals surface area (Å²) in [5.41, 5.74) is 8.37. The molecule has 2 N–H and O–H groups in total. The van der Waals surface area contributed by atoms with E-state index in [2.05, 4.69) is 0 Å². The van der Waals surface area contributed by atoms with Crippen LogP contribution in [-0.2, 0) is 0 Å². The smallest absolute Gasteiger partial charge is 0.161 e. The summed E-state index contributed by atoms with van der Waals surface area (Å²) in [6.07, 6.45) is 0. The van der Waals surface area contributed by atoms with Crippen LogP contribution in [0.4, 0.5) is 0 Å². The number of halogens is 1. The maximum Gasteiger partial charge on any atom is 0.161 e. The van der Waals surface area contributed by atoms with Crippen molar-refractivity contribution in [2.24, 2.45) is 5.73 Å². The third-order valence-electron chi connectivity index (χ3n) is 3.13. The molecule has 0 bridgehead atoms. The molecule has 5 heteroatoms. The van der Waals surface area contributed by atoms with E-state index in [0.717, 1.165) is 32.5 Å². The molecule has 0 saturated heterocycles. The number of rotatable bonds is 6. The number of ether oxygens (including phenoxy) is 2. The molecule has 3 nitrogen and oxygen atoms in total. The predicted octanol–water partition coefficient (Wildman–Crippen LogP) is 4.56. The molecule has 2 rings (SSSR count). The molecule has 1 heterocycles. The summed E-state index contributed by atoms with van der Waals surface area (Å²) in [6.45, 7) is 7.06. The first-order valence-corrected chi connectivity index (χ1v) is 8.22. The van der Waals surface area contributed by atoms with Crippen molar-refractivity contribution >= 4 is 22.9 Å². The van der Waals surface area contributed by atoms with Gasteiger partial charge in [0, 0.05) is 4.88 Å². The number of hydrogen-bond acceptors (Lipinski definition) is 4. The minimum Gasteiger partial charge on any atom is -0.490 e. The van der Waals surface area contributed by atoms with Crippen molar-refractivity contribution in [3.05, 3.63) is 44.6 Å². The van der Waals surface area contributed by atoms with E-state index in [0.29, 0.717) is 13.2 Å². The normalized spacial score (nSPS) is 12.2. The molecule has 0 fully saturated rings. The van der Waals surface area contributed by atoms with Crippen LogP contribution in [0.2, 0.25) is 5.02 Å². The van der Waals surface area contributed by atoms with Gasteiger partial charge in [-0.25, -0.2) is 0 Å². The van der Waals surface area contributed by atoms with Crippen molar-refractivity contribution in [3.63, 3.8) is 0 Å². The van der Waals surface area contributed by atoms with Gasteiger partial charge >= 0.3 is 0 Å². The SMILES string of the molecule is CCOc1ccc(C(N)c2scc(C)c2Cl)cc1OCC. The third-order valence-corrected chi connectivity index (χ3v) is 4.93. The highest BCUT2D eigenvalue weighted by Gasteiger charge is 2.18. The molecule has 0 amide bonds. The molecule has 1 atom stereocenters. The van der Waals surface area contributed by atoms with Crippen molar-refractivity contribution in [2.75, 3.05) is 13.2 Å². The molecule has 0 aliphatic heterocycles. The van der Waals surface area contributed by atoms with E-state index < -0.39 is 0 Å². The van der Waals surface area contributed by atoms with Crippen LogP contribution in [0.5, 0.6) is 11.5 Å². The number of benzene rings is 1. The molecule has 21 heavy (non-hydrogen) atoms. The molecule has 0 aliphatic rings. The first-order valence-electron chi connectivity index (χ1n) is 6.97. The number of hydrogen-bond donors (Lipinski definition) is 1. The van der Waals surface area contributed by atoms with Crippen molar-refractivity contribution in [1.82, 2.24) is 0 Å². The van der Waals surface area contributed by atoms with Crippen LogP contribution in [-0.4, -0.2) is 13.2 Å². The summed E-state index contributed by atoms with van der Waals surface area (Å²) in [7, 11) is 0.